The quantitative estimate of drug-likeness (QED) is 0.817. The van der Waals surface area contributed by atoms with Gasteiger partial charge in [-0.05, 0) is 25.5 Å². The number of carbonyl (C=O) groups excluding carboxylic acids is 1. The average Bonchev–Trinajstić information content (AvgIpc) is 2.77. The van der Waals surface area contributed by atoms with Crippen molar-refractivity contribution in [2.24, 2.45) is 5.41 Å². The number of hydrogen-bond donors (Lipinski definition) is 0. The Morgan fingerprint density at radius 3 is 3.05 bits per heavy atom. The van der Waals surface area contributed by atoms with Gasteiger partial charge < -0.3 is 14.5 Å². The van der Waals surface area contributed by atoms with Gasteiger partial charge in [-0.1, -0.05) is 6.92 Å². The van der Waals surface area contributed by atoms with Crippen LogP contribution >= 0.6 is 0 Å². The van der Waals surface area contributed by atoms with Crippen molar-refractivity contribution >= 4 is 5.91 Å². The minimum atomic E-state index is 0.0567. The van der Waals surface area contributed by atoms with Gasteiger partial charge in [0.1, 0.15) is 0 Å². The van der Waals surface area contributed by atoms with Crippen LogP contribution in [-0.2, 0) is 4.74 Å². The Hall–Kier alpha value is -1.53. The Kier molecular flexibility index (Phi) is 4.69. The third-order valence-electron chi connectivity index (χ3n) is 4.75. The standard InChI is InChI=1S/C16H24N4O2/c1-2-19-8-9-22-13-16(11-19)5-3-7-20(12-16)15(21)14-4-6-17-18-10-14/h4,6,10H,2-3,5,7-9,11-13H2,1H3/t16-/m1/s1. The second-order valence-corrected chi connectivity index (χ2v) is 6.38. The van der Waals surface area contributed by atoms with Gasteiger partial charge in [-0.2, -0.15) is 10.2 Å². The molecule has 1 spiro atoms. The number of rotatable bonds is 2. The maximum Gasteiger partial charge on any atom is 0.255 e. The van der Waals surface area contributed by atoms with Crippen LogP contribution in [0.2, 0.25) is 0 Å². The lowest BCUT2D eigenvalue weighted by Gasteiger charge is -2.43. The van der Waals surface area contributed by atoms with Crippen LogP contribution in [-0.4, -0.2) is 71.8 Å². The van der Waals surface area contributed by atoms with Crippen molar-refractivity contribution < 1.29 is 9.53 Å². The third kappa shape index (κ3) is 3.28. The topological polar surface area (TPSA) is 58.6 Å². The molecule has 0 radical (unpaired) electrons. The highest BCUT2D eigenvalue weighted by Crippen LogP contribution is 2.33. The normalized spacial score (nSPS) is 26.9. The van der Waals surface area contributed by atoms with Gasteiger partial charge in [-0.3, -0.25) is 4.79 Å². The summed E-state index contributed by atoms with van der Waals surface area (Å²) in [5.41, 5.74) is 0.690. The van der Waals surface area contributed by atoms with Gasteiger partial charge in [-0.15, -0.1) is 0 Å². The summed E-state index contributed by atoms with van der Waals surface area (Å²) >= 11 is 0. The number of amides is 1. The molecule has 1 aromatic rings. The molecule has 0 N–H and O–H groups in total. The van der Waals surface area contributed by atoms with Crippen LogP contribution in [0.3, 0.4) is 0 Å². The minimum Gasteiger partial charge on any atom is -0.379 e. The van der Waals surface area contributed by atoms with Crippen LogP contribution in [0.25, 0.3) is 0 Å². The largest absolute Gasteiger partial charge is 0.379 e. The van der Waals surface area contributed by atoms with Crippen LogP contribution in [0, 0.1) is 5.41 Å². The molecule has 1 atom stereocenters. The lowest BCUT2D eigenvalue weighted by Crippen LogP contribution is -2.52. The van der Waals surface area contributed by atoms with E-state index >= 15 is 0 Å². The molecule has 6 nitrogen and oxygen atoms in total. The summed E-state index contributed by atoms with van der Waals surface area (Å²) in [4.78, 5) is 17.1. The first-order valence-electron chi connectivity index (χ1n) is 8.08. The molecule has 1 aromatic heterocycles. The molecule has 1 amide bonds. The van der Waals surface area contributed by atoms with Crippen molar-refractivity contribution in [3.05, 3.63) is 24.0 Å². The van der Waals surface area contributed by atoms with Gasteiger partial charge in [0.2, 0.25) is 0 Å². The number of nitrogens with zero attached hydrogens (tertiary/aromatic N) is 4. The molecular weight excluding hydrogens is 280 g/mol. The van der Waals surface area contributed by atoms with E-state index in [1.165, 1.54) is 0 Å². The number of ether oxygens (including phenoxy) is 1. The van der Waals surface area contributed by atoms with E-state index in [4.69, 9.17) is 4.74 Å². The SMILES string of the molecule is CCN1CCOC[C@]2(CCCN(C(=O)c3ccnnc3)C2)C1. The Morgan fingerprint density at radius 1 is 1.36 bits per heavy atom. The lowest BCUT2D eigenvalue weighted by molar-refractivity contribution is 0.00764. The summed E-state index contributed by atoms with van der Waals surface area (Å²) in [7, 11) is 0. The molecule has 2 fully saturated rings. The highest BCUT2D eigenvalue weighted by Gasteiger charge is 2.40. The molecule has 2 aliphatic rings. The fourth-order valence-corrected chi connectivity index (χ4v) is 3.58. The molecule has 6 heteroatoms. The van der Waals surface area contributed by atoms with Gasteiger partial charge in [-0.25, -0.2) is 0 Å². The number of piperidine rings is 1. The lowest BCUT2D eigenvalue weighted by atomic mass is 9.80. The van der Waals surface area contributed by atoms with E-state index in [0.717, 1.165) is 58.8 Å². The molecular formula is C16H24N4O2. The first-order valence-corrected chi connectivity index (χ1v) is 8.08. The molecule has 3 rings (SSSR count). The van der Waals surface area contributed by atoms with Crippen molar-refractivity contribution in [3.63, 3.8) is 0 Å². The highest BCUT2D eigenvalue weighted by molar-refractivity contribution is 5.93. The fourth-order valence-electron chi connectivity index (χ4n) is 3.58. The molecule has 0 unspecified atom stereocenters. The average molecular weight is 304 g/mol. The van der Waals surface area contributed by atoms with Crippen molar-refractivity contribution in [1.82, 2.24) is 20.0 Å². The molecule has 22 heavy (non-hydrogen) atoms. The summed E-state index contributed by atoms with van der Waals surface area (Å²) in [5.74, 6) is 0.0567. The fraction of sp³-hybridized carbons (Fsp3) is 0.688. The second kappa shape index (κ2) is 6.71. The third-order valence-corrected chi connectivity index (χ3v) is 4.75. The minimum absolute atomic E-state index is 0.0567. The van der Waals surface area contributed by atoms with E-state index in [9.17, 15) is 4.79 Å². The van der Waals surface area contributed by atoms with E-state index in [0.29, 0.717) is 5.56 Å². The highest BCUT2D eigenvalue weighted by atomic mass is 16.5. The molecule has 0 aromatic carbocycles. The van der Waals surface area contributed by atoms with Crippen LogP contribution in [0.1, 0.15) is 30.1 Å². The molecule has 2 aliphatic heterocycles. The van der Waals surface area contributed by atoms with E-state index in [2.05, 4.69) is 22.0 Å². The Bertz CT molecular complexity index is 510. The van der Waals surface area contributed by atoms with E-state index < -0.39 is 0 Å². The summed E-state index contributed by atoms with van der Waals surface area (Å²) in [6.45, 7) is 8.35. The van der Waals surface area contributed by atoms with Crippen molar-refractivity contribution in [3.8, 4) is 0 Å². The second-order valence-electron chi connectivity index (χ2n) is 6.38. The summed E-state index contributed by atoms with van der Waals surface area (Å²) < 4.78 is 5.85. The molecule has 0 aliphatic carbocycles. The zero-order valence-electron chi connectivity index (χ0n) is 13.2. The molecule has 3 heterocycles. The summed E-state index contributed by atoms with van der Waals surface area (Å²) in [5, 5.41) is 7.56. The smallest absolute Gasteiger partial charge is 0.255 e. The van der Waals surface area contributed by atoms with Gasteiger partial charge in [0.05, 0.1) is 31.2 Å². The molecule has 0 saturated carbocycles. The van der Waals surface area contributed by atoms with Crippen molar-refractivity contribution in [2.45, 2.75) is 19.8 Å². The summed E-state index contributed by atoms with van der Waals surface area (Å²) in [6.07, 6.45) is 5.28. The van der Waals surface area contributed by atoms with Crippen molar-refractivity contribution in [1.29, 1.82) is 0 Å². The molecule has 0 bridgehead atoms. The van der Waals surface area contributed by atoms with Gasteiger partial charge in [0, 0.05) is 31.6 Å². The molecule has 2 saturated heterocycles. The molecule has 120 valence electrons. The van der Waals surface area contributed by atoms with Gasteiger partial charge in [0.25, 0.3) is 5.91 Å². The Labute approximate surface area is 131 Å². The first kappa shape index (κ1) is 15.4. The Balaban J connectivity index is 1.74. The summed E-state index contributed by atoms with van der Waals surface area (Å²) in [6, 6.07) is 1.73. The number of aromatic nitrogens is 2. The Morgan fingerprint density at radius 2 is 2.27 bits per heavy atom. The number of carbonyl (C=O) groups is 1. The van der Waals surface area contributed by atoms with Crippen molar-refractivity contribution in [2.75, 3.05) is 45.9 Å². The number of hydrogen-bond acceptors (Lipinski definition) is 5. The van der Waals surface area contributed by atoms with E-state index in [-0.39, 0.29) is 11.3 Å². The zero-order valence-corrected chi connectivity index (χ0v) is 13.2. The van der Waals surface area contributed by atoms with Crippen LogP contribution < -0.4 is 0 Å². The zero-order chi connectivity index (χ0) is 15.4. The number of likely N-dealkylation sites (tertiary alicyclic amines) is 1. The van der Waals surface area contributed by atoms with Gasteiger partial charge >= 0.3 is 0 Å². The predicted molar refractivity (Wildman–Crippen MR) is 82.5 cm³/mol. The maximum atomic E-state index is 12.7. The van der Waals surface area contributed by atoms with Crippen LogP contribution in [0.5, 0.6) is 0 Å². The van der Waals surface area contributed by atoms with Crippen LogP contribution in [0.15, 0.2) is 18.5 Å². The van der Waals surface area contributed by atoms with Crippen LogP contribution in [0.4, 0.5) is 0 Å². The van der Waals surface area contributed by atoms with E-state index in [1.807, 2.05) is 4.90 Å². The monoisotopic (exact) mass is 304 g/mol. The number of likely N-dealkylation sites (N-methyl/N-ethyl adjacent to an activating group) is 1. The first-order chi connectivity index (χ1) is 10.7. The van der Waals surface area contributed by atoms with E-state index in [1.54, 1.807) is 18.5 Å². The predicted octanol–water partition coefficient (Wildman–Crippen LogP) is 1.05. The van der Waals surface area contributed by atoms with Gasteiger partial charge in [0.15, 0.2) is 0 Å². The maximum absolute atomic E-state index is 12.7.